The maximum Gasteiger partial charge on any atom is 0.223 e. The second kappa shape index (κ2) is 12.4. The maximum absolute atomic E-state index is 12.6. The van der Waals surface area contributed by atoms with E-state index in [1.165, 1.54) is 11.1 Å². The van der Waals surface area contributed by atoms with E-state index in [9.17, 15) is 4.79 Å². The number of amides is 1. The van der Waals surface area contributed by atoms with E-state index in [1.54, 1.807) is 0 Å². The molecular formula is C25H35Cl2N3O. The summed E-state index contributed by atoms with van der Waals surface area (Å²) in [5, 5.41) is 6.62. The summed E-state index contributed by atoms with van der Waals surface area (Å²) in [4.78, 5) is 15.0. The lowest BCUT2D eigenvalue weighted by Crippen LogP contribution is -2.34. The van der Waals surface area contributed by atoms with Crippen molar-refractivity contribution in [2.24, 2.45) is 11.3 Å². The fraction of sp³-hybridized carbons (Fsp3) is 0.480. The molecule has 0 bridgehead atoms. The number of benzene rings is 2. The van der Waals surface area contributed by atoms with Gasteiger partial charge in [-0.15, -0.1) is 24.8 Å². The number of nitrogens with zero attached hydrogens (tertiary/aromatic N) is 1. The number of carbonyl (C=O) groups is 1. The molecular weight excluding hydrogens is 429 g/mol. The van der Waals surface area contributed by atoms with Crippen LogP contribution in [0.4, 0.5) is 0 Å². The van der Waals surface area contributed by atoms with E-state index in [1.807, 2.05) is 0 Å². The zero-order chi connectivity index (χ0) is 19.9. The van der Waals surface area contributed by atoms with Crippen molar-refractivity contribution in [3.05, 3.63) is 71.8 Å². The van der Waals surface area contributed by atoms with Crippen molar-refractivity contribution < 1.29 is 4.79 Å². The van der Waals surface area contributed by atoms with E-state index in [4.69, 9.17) is 0 Å². The van der Waals surface area contributed by atoms with Crippen LogP contribution < -0.4 is 10.6 Å². The molecule has 2 N–H and O–H groups in total. The van der Waals surface area contributed by atoms with Gasteiger partial charge in [0.2, 0.25) is 5.91 Å². The van der Waals surface area contributed by atoms with Crippen molar-refractivity contribution in [1.82, 2.24) is 15.5 Å². The molecule has 1 heterocycles. The van der Waals surface area contributed by atoms with Crippen LogP contribution in [-0.2, 0) is 17.9 Å². The summed E-state index contributed by atoms with van der Waals surface area (Å²) in [5.74, 6) is 0.541. The normalized spacial score (nSPS) is 18.7. The number of nitrogens with one attached hydrogen (secondary N) is 2. The Labute approximate surface area is 199 Å². The van der Waals surface area contributed by atoms with Crippen LogP contribution in [0.15, 0.2) is 60.7 Å². The monoisotopic (exact) mass is 463 g/mol. The molecule has 6 heteroatoms. The van der Waals surface area contributed by atoms with Gasteiger partial charge in [-0.3, -0.25) is 9.69 Å². The number of carbonyl (C=O) groups excluding carboxylic acids is 1. The van der Waals surface area contributed by atoms with Gasteiger partial charge in [-0.1, -0.05) is 60.7 Å². The minimum atomic E-state index is 0. The third kappa shape index (κ3) is 7.21. The number of halogens is 2. The Balaban J connectivity index is 0.00000171. The predicted molar refractivity (Wildman–Crippen MR) is 132 cm³/mol. The van der Waals surface area contributed by atoms with Gasteiger partial charge in [-0.05, 0) is 55.3 Å². The molecule has 1 aliphatic heterocycles. The van der Waals surface area contributed by atoms with E-state index in [0.717, 1.165) is 65.0 Å². The molecule has 1 amide bonds. The molecule has 0 aromatic heterocycles. The molecule has 1 spiro atoms. The fourth-order valence-electron chi connectivity index (χ4n) is 4.73. The van der Waals surface area contributed by atoms with Crippen molar-refractivity contribution in [3.8, 4) is 0 Å². The molecule has 4 nitrogen and oxygen atoms in total. The summed E-state index contributed by atoms with van der Waals surface area (Å²) in [5.41, 5.74) is 2.98. The van der Waals surface area contributed by atoms with Gasteiger partial charge in [0.05, 0.1) is 0 Å². The average molecular weight is 464 g/mol. The summed E-state index contributed by atoms with van der Waals surface area (Å²) in [6.07, 6.45) is 4.39. The first-order valence-electron chi connectivity index (χ1n) is 11.0. The van der Waals surface area contributed by atoms with E-state index in [-0.39, 0.29) is 36.6 Å². The van der Waals surface area contributed by atoms with Crippen LogP contribution in [0.2, 0.25) is 0 Å². The molecule has 1 aliphatic carbocycles. The molecule has 1 unspecified atom stereocenters. The van der Waals surface area contributed by atoms with Crippen LogP contribution in [0.3, 0.4) is 0 Å². The summed E-state index contributed by atoms with van der Waals surface area (Å²) in [7, 11) is 0. The molecule has 2 aromatic rings. The van der Waals surface area contributed by atoms with Gasteiger partial charge in [0.25, 0.3) is 0 Å². The second-order valence-corrected chi connectivity index (χ2v) is 8.70. The first kappa shape index (κ1) is 25.7. The zero-order valence-corrected chi connectivity index (χ0v) is 19.7. The molecule has 1 saturated carbocycles. The quantitative estimate of drug-likeness (QED) is 0.540. The smallest absolute Gasteiger partial charge is 0.223 e. The van der Waals surface area contributed by atoms with Gasteiger partial charge in [0.15, 0.2) is 0 Å². The highest BCUT2D eigenvalue weighted by Gasteiger charge is 2.57. The average Bonchev–Trinajstić information content (AvgIpc) is 3.45. The lowest BCUT2D eigenvalue weighted by molar-refractivity contribution is -0.123. The van der Waals surface area contributed by atoms with Crippen molar-refractivity contribution in [2.45, 2.75) is 38.8 Å². The Bertz CT molecular complexity index is 740. The third-order valence-corrected chi connectivity index (χ3v) is 6.55. The molecule has 2 aliphatic rings. The summed E-state index contributed by atoms with van der Waals surface area (Å²) >= 11 is 0. The summed E-state index contributed by atoms with van der Waals surface area (Å²) in [6, 6.07) is 21.3. The standard InChI is InChI=1S/C25H33N3O.2ClH/c29-24(23-18-25(23)12-15-26-16-13-25)27-14-7-17-28(19-21-8-3-1-4-9-21)20-22-10-5-2-6-11-22;;/h1-6,8-11,23,26H,7,12-20H2,(H,27,29);2*1H. The molecule has 1 saturated heterocycles. The second-order valence-electron chi connectivity index (χ2n) is 8.70. The highest BCUT2D eigenvalue weighted by Crippen LogP contribution is 2.58. The van der Waals surface area contributed by atoms with Crippen molar-refractivity contribution >= 4 is 30.7 Å². The number of hydrogen-bond acceptors (Lipinski definition) is 3. The molecule has 4 rings (SSSR count). The van der Waals surface area contributed by atoms with Gasteiger partial charge < -0.3 is 10.6 Å². The third-order valence-electron chi connectivity index (χ3n) is 6.55. The molecule has 31 heavy (non-hydrogen) atoms. The van der Waals surface area contributed by atoms with E-state index in [0.29, 0.717) is 5.41 Å². The highest BCUT2D eigenvalue weighted by molar-refractivity contribution is 5.85. The molecule has 2 aromatic carbocycles. The van der Waals surface area contributed by atoms with E-state index in [2.05, 4.69) is 76.2 Å². The van der Waals surface area contributed by atoms with Crippen molar-refractivity contribution in [2.75, 3.05) is 26.2 Å². The minimum absolute atomic E-state index is 0. The Morgan fingerprint density at radius 3 is 2.03 bits per heavy atom. The van der Waals surface area contributed by atoms with Crippen molar-refractivity contribution in [1.29, 1.82) is 0 Å². The largest absolute Gasteiger partial charge is 0.356 e. The van der Waals surface area contributed by atoms with Crippen LogP contribution in [0.1, 0.15) is 36.8 Å². The topological polar surface area (TPSA) is 44.4 Å². The van der Waals surface area contributed by atoms with Gasteiger partial charge >= 0.3 is 0 Å². The number of rotatable bonds is 9. The molecule has 1 atom stereocenters. The van der Waals surface area contributed by atoms with Gasteiger partial charge in [0, 0.05) is 32.1 Å². The van der Waals surface area contributed by atoms with Crippen LogP contribution in [-0.4, -0.2) is 37.0 Å². The highest BCUT2D eigenvalue weighted by atomic mass is 35.5. The molecule has 170 valence electrons. The Kier molecular flexibility index (Phi) is 10.3. The first-order valence-corrected chi connectivity index (χ1v) is 11.0. The lowest BCUT2D eigenvalue weighted by Gasteiger charge is -2.24. The Morgan fingerprint density at radius 1 is 0.935 bits per heavy atom. The van der Waals surface area contributed by atoms with Gasteiger partial charge in [-0.2, -0.15) is 0 Å². The van der Waals surface area contributed by atoms with Crippen molar-refractivity contribution in [3.63, 3.8) is 0 Å². The number of piperidine rings is 1. The van der Waals surface area contributed by atoms with Crippen LogP contribution >= 0.6 is 24.8 Å². The van der Waals surface area contributed by atoms with Crippen LogP contribution in [0, 0.1) is 11.3 Å². The molecule has 2 fully saturated rings. The molecule has 0 radical (unpaired) electrons. The van der Waals surface area contributed by atoms with E-state index >= 15 is 0 Å². The lowest BCUT2D eigenvalue weighted by atomic mass is 9.92. The summed E-state index contributed by atoms with van der Waals surface area (Å²) < 4.78 is 0. The first-order chi connectivity index (χ1) is 14.3. The zero-order valence-electron chi connectivity index (χ0n) is 18.1. The minimum Gasteiger partial charge on any atom is -0.356 e. The predicted octanol–water partition coefficient (Wildman–Crippen LogP) is 4.43. The van der Waals surface area contributed by atoms with Crippen LogP contribution in [0.5, 0.6) is 0 Å². The Hall–Kier alpha value is -1.59. The van der Waals surface area contributed by atoms with Crippen LogP contribution in [0.25, 0.3) is 0 Å². The maximum atomic E-state index is 12.6. The number of hydrogen-bond donors (Lipinski definition) is 2. The van der Waals surface area contributed by atoms with Gasteiger partial charge in [-0.25, -0.2) is 0 Å². The summed E-state index contributed by atoms with van der Waals surface area (Å²) in [6.45, 7) is 5.74. The fourth-order valence-corrected chi connectivity index (χ4v) is 4.73. The van der Waals surface area contributed by atoms with Gasteiger partial charge in [0.1, 0.15) is 0 Å². The SMILES string of the molecule is Cl.Cl.O=C(NCCCN(Cc1ccccc1)Cc1ccccc1)C1CC12CCNCC2. The Morgan fingerprint density at radius 2 is 1.48 bits per heavy atom. The van der Waals surface area contributed by atoms with E-state index < -0.39 is 0 Å².